The smallest absolute Gasteiger partial charge is 0.302 e. The minimum absolute atomic E-state index is 0.260. The van der Waals surface area contributed by atoms with Crippen molar-refractivity contribution >= 4 is 15.6 Å². The van der Waals surface area contributed by atoms with Crippen molar-refractivity contribution in [1.29, 1.82) is 0 Å². The Labute approximate surface area is 74.9 Å². The molecule has 0 aliphatic carbocycles. The van der Waals surface area contributed by atoms with Gasteiger partial charge in [-0.3, -0.25) is 4.52 Å². The van der Waals surface area contributed by atoms with Gasteiger partial charge in [-0.1, -0.05) is 12.2 Å². The zero-order valence-corrected chi connectivity index (χ0v) is 8.52. The van der Waals surface area contributed by atoms with Crippen LogP contribution in [0.5, 0.6) is 0 Å². The highest BCUT2D eigenvalue weighted by atomic mass is 31.3. The van der Waals surface area contributed by atoms with Gasteiger partial charge in [0.05, 0.1) is 6.61 Å². The number of hydrogen-bond donors (Lipinski definition) is 3. The Kier molecular flexibility index (Phi) is 5.02. The van der Waals surface area contributed by atoms with E-state index in [9.17, 15) is 9.13 Å². The second-order valence-corrected chi connectivity index (χ2v) is 4.74. The first-order chi connectivity index (χ1) is 5.77. The molecule has 9 heteroatoms. The van der Waals surface area contributed by atoms with Gasteiger partial charge >= 0.3 is 15.6 Å². The molecule has 0 bridgehead atoms. The van der Waals surface area contributed by atoms with Crippen molar-refractivity contribution in [2.45, 2.75) is 6.92 Å². The summed E-state index contributed by atoms with van der Waals surface area (Å²) in [5, 5.41) is 0. The van der Waals surface area contributed by atoms with Crippen LogP contribution in [0.1, 0.15) is 6.92 Å². The second-order valence-electron chi connectivity index (χ2n) is 1.91. The van der Waals surface area contributed by atoms with Crippen molar-refractivity contribution < 1.29 is 32.6 Å². The lowest BCUT2D eigenvalue weighted by Gasteiger charge is -2.10. The predicted octanol–water partition coefficient (Wildman–Crippen LogP) is 0.789. The first-order valence-electron chi connectivity index (χ1n) is 3.12. The third kappa shape index (κ3) is 8.33. The number of rotatable bonds is 5. The summed E-state index contributed by atoms with van der Waals surface area (Å²) in [4.78, 5) is 25.0. The molecule has 1 atom stereocenters. The van der Waals surface area contributed by atoms with Crippen LogP contribution >= 0.6 is 15.6 Å². The fraction of sp³-hybridized carbons (Fsp3) is 0.500. The molecule has 1 unspecified atom stereocenters. The highest BCUT2D eigenvalue weighted by molar-refractivity contribution is 7.60. The molecule has 0 rings (SSSR count). The maximum absolute atomic E-state index is 10.7. The van der Waals surface area contributed by atoms with Crippen LogP contribution in [0.3, 0.4) is 0 Å². The highest BCUT2D eigenvalue weighted by Crippen LogP contribution is 2.57. The van der Waals surface area contributed by atoms with Crippen LogP contribution in [-0.2, 0) is 18.0 Å². The zero-order valence-electron chi connectivity index (χ0n) is 6.73. The summed E-state index contributed by atoms with van der Waals surface area (Å²) in [6, 6.07) is 0. The van der Waals surface area contributed by atoms with E-state index >= 15 is 0 Å². The normalized spacial score (nSPS) is 17.5. The molecule has 0 saturated carbocycles. The maximum atomic E-state index is 10.7. The molecular weight excluding hydrogens is 222 g/mol. The lowest BCUT2D eigenvalue weighted by molar-refractivity contribution is 0.191. The fourth-order valence-corrected chi connectivity index (χ4v) is 1.93. The van der Waals surface area contributed by atoms with Crippen LogP contribution in [-0.4, -0.2) is 21.3 Å². The average Bonchev–Trinajstić information content (AvgIpc) is 1.81. The summed E-state index contributed by atoms with van der Waals surface area (Å²) >= 11 is 0. The van der Waals surface area contributed by atoms with Gasteiger partial charge in [-0.25, -0.2) is 9.13 Å². The van der Waals surface area contributed by atoms with Crippen LogP contribution < -0.4 is 0 Å². The zero-order chi connectivity index (χ0) is 10.5. The maximum Gasteiger partial charge on any atom is 0.481 e. The molecule has 0 spiro atoms. The van der Waals surface area contributed by atoms with Gasteiger partial charge in [-0.15, -0.1) is 0 Å². The molecule has 0 aromatic rings. The van der Waals surface area contributed by atoms with Crippen LogP contribution in [0.2, 0.25) is 0 Å². The lowest BCUT2D eigenvalue weighted by Crippen LogP contribution is -1.93. The summed E-state index contributed by atoms with van der Waals surface area (Å²) in [7, 11) is -9.66. The van der Waals surface area contributed by atoms with Crippen molar-refractivity contribution in [2.24, 2.45) is 0 Å². The molecule has 0 aliphatic rings. The summed E-state index contributed by atoms with van der Waals surface area (Å²) in [6.45, 7) is 1.39. The predicted molar refractivity (Wildman–Crippen MR) is 43.7 cm³/mol. The van der Waals surface area contributed by atoms with Crippen molar-refractivity contribution in [2.75, 3.05) is 6.61 Å². The SMILES string of the molecule is C/C=C/COP(=O)(O)OP(=O)(O)O. The molecule has 0 saturated heterocycles. The first kappa shape index (κ1) is 13.0. The molecule has 0 heterocycles. The second kappa shape index (κ2) is 5.02. The van der Waals surface area contributed by atoms with Gasteiger partial charge in [0.1, 0.15) is 0 Å². The van der Waals surface area contributed by atoms with Gasteiger partial charge in [-0.05, 0) is 6.92 Å². The fourth-order valence-electron chi connectivity index (χ4n) is 0.391. The lowest BCUT2D eigenvalue weighted by atomic mass is 10.6. The van der Waals surface area contributed by atoms with Crippen molar-refractivity contribution in [3.05, 3.63) is 12.2 Å². The van der Waals surface area contributed by atoms with Crippen LogP contribution in [0.25, 0.3) is 0 Å². The largest absolute Gasteiger partial charge is 0.481 e. The highest BCUT2D eigenvalue weighted by Gasteiger charge is 2.31. The molecular formula is C4H10O7P2. The Balaban J connectivity index is 4.10. The Bertz CT molecular complexity index is 266. The van der Waals surface area contributed by atoms with E-state index in [0.717, 1.165) is 0 Å². The van der Waals surface area contributed by atoms with Gasteiger partial charge in [-0.2, -0.15) is 4.31 Å². The Morgan fingerprint density at radius 2 is 1.85 bits per heavy atom. The average molecular weight is 232 g/mol. The quantitative estimate of drug-likeness (QED) is 0.474. The molecule has 0 aliphatic heterocycles. The third-order valence-electron chi connectivity index (χ3n) is 0.779. The number of allylic oxidation sites excluding steroid dienone is 1. The van der Waals surface area contributed by atoms with E-state index in [1.165, 1.54) is 12.2 Å². The van der Waals surface area contributed by atoms with Gasteiger partial charge < -0.3 is 14.7 Å². The van der Waals surface area contributed by atoms with Gasteiger partial charge in [0.25, 0.3) is 0 Å². The number of phosphoric acid groups is 2. The molecule has 13 heavy (non-hydrogen) atoms. The van der Waals surface area contributed by atoms with Crippen LogP contribution in [0.4, 0.5) is 0 Å². The Morgan fingerprint density at radius 3 is 2.23 bits per heavy atom. The molecule has 0 radical (unpaired) electrons. The Hall–Kier alpha value is -0.0000000000000000416. The van der Waals surface area contributed by atoms with E-state index in [-0.39, 0.29) is 6.61 Å². The topological polar surface area (TPSA) is 113 Å². The van der Waals surface area contributed by atoms with Crippen molar-refractivity contribution in [3.63, 3.8) is 0 Å². The van der Waals surface area contributed by atoms with Gasteiger partial charge in [0, 0.05) is 0 Å². The van der Waals surface area contributed by atoms with E-state index in [1.807, 2.05) is 0 Å². The van der Waals surface area contributed by atoms with E-state index in [4.69, 9.17) is 14.7 Å². The van der Waals surface area contributed by atoms with Crippen molar-refractivity contribution in [1.82, 2.24) is 0 Å². The van der Waals surface area contributed by atoms with E-state index < -0.39 is 15.6 Å². The van der Waals surface area contributed by atoms with E-state index in [2.05, 4.69) is 8.83 Å². The van der Waals surface area contributed by atoms with Crippen LogP contribution in [0, 0.1) is 0 Å². The standard InChI is InChI=1S/C4H10O7P2/c1-2-3-4-10-13(8,9)11-12(5,6)7/h2-3H,4H2,1H3,(H,8,9)(H2,5,6,7)/b3-2+. The third-order valence-corrected chi connectivity index (χ3v) is 2.93. The number of hydrogen-bond acceptors (Lipinski definition) is 4. The molecule has 3 N–H and O–H groups in total. The molecule has 0 aromatic carbocycles. The molecule has 7 nitrogen and oxygen atoms in total. The van der Waals surface area contributed by atoms with Gasteiger partial charge in [0.15, 0.2) is 0 Å². The van der Waals surface area contributed by atoms with Gasteiger partial charge in [0.2, 0.25) is 0 Å². The molecule has 78 valence electrons. The van der Waals surface area contributed by atoms with Crippen LogP contribution in [0.15, 0.2) is 12.2 Å². The monoisotopic (exact) mass is 232 g/mol. The molecule has 0 fully saturated rings. The molecule has 0 aromatic heterocycles. The number of phosphoric ester groups is 1. The Morgan fingerprint density at radius 1 is 1.31 bits per heavy atom. The van der Waals surface area contributed by atoms with E-state index in [1.54, 1.807) is 6.92 Å². The first-order valence-corrected chi connectivity index (χ1v) is 6.15. The summed E-state index contributed by atoms with van der Waals surface area (Å²) in [5.74, 6) is 0. The minimum atomic E-state index is -5.00. The van der Waals surface area contributed by atoms with Crippen molar-refractivity contribution in [3.8, 4) is 0 Å². The summed E-state index contributed by atoms with van der Waals surface area (Å²) < 4.78 is 28.5. The molecule has 0 amide bonds. The summed E-state index contributed by atoms with van der Waals surface area (Å²) in [6.07, 6.45) is 2.92. The van der Waals surface area contributed by atoms with E-state index in [0.29, 0.717) is 0 Å². The minimum Gasteiger partial charge on any atom is -0.302 e. The summed E-state index contributed by atoms with van der Waals surface area (Å²) in [5.41, 5.74) is 0.